The molecular weight excluding hydrogens is 256 g/mol. The highest BCUT2D eigenvalue weighted by Gasteiger charge is 2.25. The molecule has 0 radical (unpaired) electrons. The Morgan fingerprint density at radius 2 is 2.40 bits per heavy atom. The molecule has 0 fully saturated rings. The van der Waals surface area contributed by atoms with Crippen molar-refractivity contribution in [2.45, 2.75) is 26.4 Å². The lowest BCUT2D eigenvalue weighted by atomic mass is 10.1. The first kappa shape index (κ1) is 12.9. The summed E-state index contributed by atoms with van der Waals surface area (Å²) in [5.74, 6) is 1.09. The van der Waals surface area contributed by atoms with Gasteiger partial charge in [0, 0.05) is 37.1 Å². The zero-order valence-corrected chi connectivity index (χ0v) is 11.7. The molecule has 3 rings (SSSR count). The summed E-state index contributed by atoms with van der Waals surface area (Å²) in [7, 11) is 0. The molecule has 2 aromatic heterocycles. The van der Waals surface area contributed by atoms with E-state index in [1.807, 2.05) is 6.07 Å². The summed E-state index contributed by atoms with van der Waals surface area (Å²) >= 11 is 0. The highest BCUT2D eigenvalue weighted by Crippen LogP contribution is 2.24. The van der Waals surface area contributed by atoms with Crippen LogP contribution in [0.3, 0.4) is 0 Å². The predicted octanol–water partition coefficient (Wildman–Crippen LogP) is 1.80. The minimum absolute atomic E-state index is 0.0647. The number of fused-ring (bicyclic) bond motifs is 1. The summed E-state index contributed by atoms with van der Waals surface area (Å²) in [5.41, 5.74) is 1.25. The van der Waals surface area contributed by atoms with Crippen LogP contribution in [0.4, 0.5) is 5.82 Å². The first-order valence-electron chi connectivity index (χ1n) is 6.76. The van der Waals surface area contributed by atoms with Gasteiger partial charge < -0.3 is 14.4 Å². The number of hydrogen-bond donors (Lipinski definition) is 1. The molecule has 0 bridgehead atoms. The number of rotatable bonds is 3. The van der Waals surface area contributed by atoms with Crippen LogP contribution in [0.25, 0.3) is 0 Å². The molecule has 0 aromatic carbocycles. The van der Waals surface area contributed by atoms with Gasteiger partial charge in [0.25, 0.3) is 0 Å². The second-order valence-electron chi connectivity index (χ2n) is 5.14. The molecular formula is C14H18N4O2. The lowest BCUT2D eigenvalue weighted by Gasteiger charge is -2.34. The third kappa shape index (κ3) is 2.46. The molecule has 3 heterocycles. The maximum absolute atomic E-state index is 12.0. The van der Waals surface area contributed by atoms with E-state index in [4.69, 9.17) is 4.52 Å². The maximum atomic E-state index is 12.0. The van der Waals surface area contributed by atoms with E-state index in [0.29, 0.717) is 18.1 Å². The van der Waals surface area contributed by atoms with Crippen molar-refractivity contribution >= 4 is 11.7 Å². The molecule has 1 atom stereocenters. The Balaban J connectivity index is 1.62. The van der Waals surface area contributed by atoms with Gasteiger partial charge in [-0.3, -0.25) is 9.69 Å². The second-order valence-corrected chi connectivity index (χ2v) is 5.14. The van der Waals surface area contributed by atoms with Crippen molar-refractivity contribution in [1.82, 2.24) is 14.6 Å². The molecule has 6 heteroatoms. The van der Waals surface area contributed by atoms with Crippen LogP contribution in [0.1, 0.15) is 24.4 Å². The van der Waals surface area contributed by atoms with Gasteiger partial charge in [-0.2, -0.15) is 0 Å². The van der Waals surface area contributed by atoms with Crippen molar-refractivity contribution in [3.63, 3.8) is 0 Å². The molecule has 0 spiro atoms. The van der Waals surface area contributed by atoms with Crippen LogP contribution in [-0.2, 0) is 11.3 Å². The third-order valence-corrected chi connectivity index (χ3v) is 3.71. The van der Waals surface area contributed by atoms with E-state index in [-0.39, 0.29) is 11.9 Å². The van der Waals surface area contributed by atoms with E-state index in [1.54, 1.807) is 13.0 Å². The SMILES string of the molecule is Cc1cc(NC(=O)CN2CCn3cccc3[C@@H]2C)no1. The summed E-state index contributed by atoms with van der Waals surface area (Å²) in [6.45, 7) is 6.07. The number of nitrogens with one attached hydrogen (secondary N) is 1. The Labute approximate surface area is 117 Å². The van der Waals surface area contributed by atoms with Gasteiger partial charge in [-0.05, 0) is 26.0 Å². The van der Waals surface area contributed by atoms with Crippen molar-refractivity contribution in [3.05, 3.63) is 35.9 Å². The van der Waals surface area contributed by atoms with E-state index >= 15 is 0 Å². The van der Waals surface area contributed by atoms with E-state index in [2.05, 4.69) is 39.1 Å². The number of carbonyl (C=O) groups excluding carboxylic acids is 1. The summed E-state index contributed by atoms with van der Waals surface area (Å²) in [6, 6.07) is 6.11. The van der Waals surface area contributed by atoms with Gasteiger partial charge >= 0.3 is 0 Å². The smallest absolute Gasteiger partial charge is 0.239 e. The monoisotopic (exact) mass is 274 g/mol. The molecule has 0 saturated heterocycles. The lowest BCUT2D eigenvalue weighted by Crippen LogP contribution is -2.41. The summed E-state index contributed by atoms with van der Waals surface area (Å²) in [4.78, 5) is 14.2. The van der Waals surface area contributed by atoms with Gasteiger partial charge in [-0.1, -0.05) is 5.16 Å². The Bertz CT molecular complexity index is 616. The standard InChI is InChI=1S/C14H18N4O2/c1-10-8-13(16-20-10)15-14(19)9-18-7-6-17-5-3-4-12(17)11(18)2/h3-5,8,11H,6-7,9H2,1-2H3,(H,15,16,19)/t11-/m0/s1. The van der Waals surface area contributed by atoms with Crippen molar-refractivity contribution in [2.24, 2.45) is 0 Å². The van der Waals surface area contributed by atoms with E-state index < -0.39 is 0 Å². The zero-order valence-electron chi connectivity index (χ0n) is 11.7. The molecule has 0 saturated carbocycles. The van der Waals surface area contributed by atoms with Crippen molar-refractivity contribution in [3.8, 4) is 0 Å². The average Bonchev–Trinajstić information content (AvgIpc) is 3.02. The third-order valence-electron chi connectivity index (χ3n) is 3.71. The molecule has 1 aliphatic heterocycles. The highest BCUT2D eigenvalue weighted by molar-refractivity contribution is 5.91. The molecule has 106 valence electrons. The van der Waals surface area contributed by atoms with E-state index in [0.717, 1.165) is 13.1 Å². The number of aryl methyl sites for hydroxylation is 1. The highest BCUT2D eigenvalue weighted by atomic mass is 16.5. The molecule has 1 N–H and O–H groups in total. The topological polar surface area (TPSA) is 63.3 Å². The number of carbonyl (C=O) groups is 1. The fraction of sp³-hybridized carbons (Fsp3) is 0.429. The Morgan fingerprint density at radius 1 is 1.55 bits per heavy atom. The number of amides is 1. The Kier molecular flexibility index (Phi) is 3.31. The van der Waals surface area contributed by atoms with Crippen LogP contribution in [0.5, 0.6) is 0 Å². The summed E-state index contributed by atoms with van der Waals surface area (Å²) in [5, 5.41) is 6.52. The lowest BCUT2D eigenvalue weighted by molar-refractivity contribution is -0.118. The number of hydrogen-bond acceptors (Lipinski definition) is 4. The van der Waals surface area contributed by atoms with E-state index in [9.17, 15) is 4.79 Å². The summed E-state index contributed by atoms with van der Waals surface area (Å²) in [6.07, 6.45) is 2.08. The predicted molar refractivity (Wildman–Crippen MR) is 74.3 cm³/mol. The van der Waals surface area contributed by atoms with Gasteiger partial charge in [-0.25, -0.2) is 0 Å². The first-order chi connectivity index (χ1) is 9.63. The van der Waals surface area contributed by atoms with Crippen LogP contribution >= 0.6 is 0 Å². The normalized spacial score (nSPS) is 18.8. The molecule has 0 aliphatic carbocycles. The molecule has 0 unspecified atom stereocenters. The van der Waals surface area contributed by atoms with Crippen LogP contribution in [0, 0.1) is 6.92 Å². The van der Waals surface area contributed by atoms with Crippen molar-refractivity contribution in [1.29, 1.82) is 0 Å². The van der Waals surface area contributed by atoms with Crippen LogP contribution < -0.4 is 5.32 Å². The number of nitrogens with zero attached hydrogens (tertiary/aromatic N) is 3. The molecule has 6 nitrogen and oxygen atoms in total. The number of aromatic nitrogens is 2. The van der Waals surface area contributed by atoms with Gasteiger partial charge in [0.2, 0.25) is 5.91 Å². The average molecular weight is 274 g/mol. The second kappa shape index (κ2) is 5.13. The summed E-state index contributed by atoms with van der Waals surface area (Å²) < 4.78 is 7.17. The molecule has 1 amide bonds. The largest absolute Gasteiger partial charge is 0.360 e. The van der Waals surface area contributed by atoms with Crippen LogP contribution in [0.15, 0.2) is 28.9 Å². The van der Waals surface area contributed by atoms with Gasteiger partial charge in [0.05, 0.1) is 6.54 Å². The van der Waals surface area contributed by atoms with Crippen molar-refractivity contribution < 1.29 is 9.32 Å². The minimum Gasteiger partial charge on any atom is -0.360 e. The zero-order chi connectivity index (χ0) is 14.1. The van der Waals surface area contributed by atoms with Gasteiger partial charge in [0.1, 0.15) is 5.76 Å². The first-order valence-corrected chi connectivity index (χ1v) is 6.76. The molecule has 1 aliphatic rings. The molecule has 20 heavy (non-hydrogen) atoms. The van der Waals surface area contributed by atoms with Gasteiger partial charge in [-0.15, -0.1) is 0 Å². The minimum atomic E-state index is -0.0647. The fourth-order valence-electron chi connectivity index (χ4n) is 2.64. The molecule has 2 aromatic rings. The van der Waals surface area contributed by atoms with Crippen LogP contribution in [-0.4, -0.2) is 33.6 Å². The van der Waals surface area contributed by atoms with Crippen LogP contribution in [0.2, 0.25) is 0 Å². The van der Waals surface area contributed by atoms with Crippen molar-refractivity contribution in [2.75, 3.05) is 18.4 Å². The number of anilines is 1. The Morgan fingerprint density at radius 3 is 3.15 bits per heavy atom. The maximum Gasteiger partial charge on any atom is 0.239 e. The Hall–Kier alpha value is -2.08. The van der Waals surface area contributed by atoms with Gasteiger partial charge in [0.15, 0.2) is 5.82 Å². The quantitative estimate of drug-likeness (QED) is 0.927. The van der Waals surface area contributed by atoms with E-state index in [1.165, 1.54) is 5.69 Å². The fourth-order valence-corrected chi connectivity index (χ4v) is 2.64.